The third-order valence-electron chi connectivity index (χ3n) is 2.33. The minimum Gasteiger partial charge on any atom is -0.387 e. The van der Waals surface area contributed by atoms with Gasteiger partial charge in [-0.05, 0) is 0 Å². The average Bonchev–Trinajstić information content (AvgIpc) is 2.21. The van der Waals surface area contributed by atoms with Crippen LogP contribution in [0.5, 0.6) is 0 Å². The molecule has 1 fully saturated rings. The van der Waals surface area contributed by atoms with Gasteiger partial charge in [-0.1, -0.05) is 0 Å². The Morgan fingerprint density at radius 3 is 2.27 bits per heavy atom. The van der Waals surface area contributed by atoms with Gasteiger partial charge in [0.1, 0.15) is 18.3 Å². The molecule has 0 bridgehead atoms. The quantitative estimate of drug-likeness (QED) is 0.489. The molecule has 15 heavy (non-hydrogen) atoms. The highest BCUT2D eigenvalue weighted by Gasteiger charge is 2.47. The molecule has 1 heterocycles. The normalized spacial score (nSPS) is 41.5. The number of carbonyl (C=O) groups excluding carboxylic acids is 1. The summed E-state index contributed by atoms with van der Waals surface area (Å²) in [6.07, 6.45) is -5.80. The Balaban J connectivity index is 2.82. The standard InChI is InChI=1S/C8H15NO6/c1-13-6-4(11)3(10)5(7(9)12)15-8(6)14-2/h3-6,8,10-11H,1-2H3,(H2,9,12)/t3-,4-,5-,6+,8-/m0/s1. The predicted octanol–water partition coefficient (Wildman–Crippen LogP) is -2.42. The SMILES string of the molecule is CO[C@H]1O[C@H](C(N)=O)[C@@H](O)[C@H](O)[C@H]1OC. The molecule has 0 radical (unpaired) electrons. The van der Waals surface area contributed by atoms with E-state index in [0.717, 1.165) is 0 Å². The highest BCUT2D eigenvalue weighted by atomic mass is 16.7. The zero-order chi connectivity index (χ0) is 11.6. The number of primary amides is 1. The molecule has 1 saturated heterocycles. The maximum absolute atomic E-state index is 10.9. The summed E-state index contributed by atoms with van der Waals surface area (Å²) < 4.78 is 14.8. The molecule has 0 unspecified atom stereocenters. The summed E-state index contributed by atoms with van der Waals surface area (Å²) >= 11 is 0. The van der Waals surface area contributed by atoms with E-state index in [1.807, 2.05) is 0 Å². The monoisotopic (exact) mass is 221 g/mol. The number of rotatable bonds is 3. The predicted molar refractivity (Wildman–Crippen MR) is 47.7 cm³/mol. The maximum atomic E-state index is 10.9. The second-order valence-electron chi connectivity index (χ2n) is 3.24. The van der Waals surface area contributed by atoms with E-state index >= 15 is 0 Å². The Bertz CT molecular complexity index is 233. The van der Waals surface area contributed by atoms with Crippen LogP contribution in [0.4, 0.5) is 0 Å². The fourth-order valence-corrected chi connectivity index (χ4v) is 1.51. The van der Waals surface area contributed by atoms with Crippen LogP contribution in [0.15, 0.2) is 0 Å². The summed E-state index contributed by atoms with van der Waals surface area (Å²) in [5.41, 5.74) is 4.99. The second kappa shape index (κ2) is 4.86. The van der Waals surface area contributed by atoms with E-state index in [9.17, 15) is 15.0 Å². The summed E-state index contributed by atoms with van der Waals surface area (Å²) in [5.74, 6) is -0.863. The summed E-state index contributed by atoms with van der Waals surface area (Å²) in [4.78, 5) is 10.9. The van der Waals surface area contributed by atoms with Crippen LogP contribution < -0.4 is 5.73 Å². The van der Waals surface area contributed by atoms with Gasteiger partial charge in [0.15, 0.2) is 12.4 Å². The van der Waals surface area contributed by atoms with Crippen LogP contribution in [0, 0.1) is 0 Å². The zero-order valence-electron chi connectivity index (χ0n) is 8.49. The van der Waals surface area contributed by atoms with Crippen molar-refractivity contribution in [3.05, 3.63) is 0 Å². The average molecular weight is 221 g/mol. The molecule has 1 aliphatic heterocycles. The van der Waals surface area contributed by atoms with Crippen molar-refractivity contribution in [1.29, 1.82) is 0 Å². The molecule has 0 saturated carbocycles. The topological polar surface area (TPSA) is 111 Å². The van der Waals surface area contributed by atoms with E-state index in [2.05, 4.69) is 0 Å². The van der Waals surface area contributed by atoms with Gasteiger partial charge >= 0.3 is 0 Å². The first-order valence-corrected chi connectivity index (χ1v) is 4.39. The molecule has 0 aromatic rings. The Morgan fingerprint density at radius 1 is 1.27 bits per heavy atom. The zero-order valence-corrected chi connectivity index (χ0v) is 8.49. The van der Waals surface area contributed by atoms with Crippen molar-refractivity contribution in [2.24, 2.45) is 5.73 Å². The van der Waals surface area contributed by atoms with Crippen LogP contribution in [-0.4, -0.2) is 61.0 Å². The highest BCUT2D eigenvalue weighted by Crippen LogP contribution is 2.23. The summed E-state index contributed by atoms with van der Waals surface area (Å²) in [6, 6.07) is 0. The first-order valence-electron chi connectivity index (χ1n) is 4.39. The lowest BCUT2D eigenvalue weighted by Gasteiger charge is -2.39. The summed E-state index contributed by atoms with van der Waals surface area (Å²) in [5, 5.41) is 19.1. The van der Waals surface area contributed by atoms with E-state index < -0.39 is 36.6 Å². The number of hydrogen-bond acceptors (Lipinski definition) is 6. The molecule has 7 heteroatoms. The van der Waals surface area contributed by atoms with Crippen LogP contribution in [0.25, 0.3) is 0 Å². The summed E-state index contributed by atoms with van der Waals surface area (Å²) in [6.45, 7) is 0. The molecule has 1 amide bonds. The van der Waals surface area contributed by atoms with Gasteiger partial charge in [0.2, 0.25) is 5.91 Å². The molecule has 0 aromatic carbocycles. The minimum atomic E-state index is -1.42. The van der Waals surface area contributed by atoms with Crippen LogP contribution >= 0.6 is 0 Å². The molecule has 7 nitrogen and oxygen atoms in total. The van der Waals surface area contributed by atoms with Crippen molar-refractivity contribution in [3.8, 4) is 0 Å². The number of hydrogen-bond donors (Lipinski definition) is 3. The van der Waals surface area contributed by atoms with Gasteiger partial charge in [-0.3, -0.25) is 4.79 Å². The molecule has 1 rings (SSSR count). The Kier molecular flexibility index (Phi) is 4.00. The van der Waals surface area contributed by atoms with Gasteiger partial charge in [-0.15, -0.1) is 0 Å². The van der Waals surface area contributed by atoms with Gasteiger partial charge in [0.05, 0.1) is 0 Å². The molecular weight excluding hydrogens is 206 g/mol. The number of carbonyl (C=O) groups is 1. The van der Waals surface area contributed by atoms with Gasteiger partial charge in [0, 0.05) is 14.2 Å². The number of aliphatic hydroxyl groups is 2. The first kappa shape index (κ1) is 12.3. The molecular formula is C8H15NO6. The Labute approximate surface area is 86.7 Å². The molecule has 1 aliphatic rings. The number of aliphatic hydroxyl groups excluding tert-OH is 2. The lowest BCUT2D eigenvalue weighted by atomic mass is 9.98. The van der Waals surface area contributed by atoms with E-state index in [0.29, 0.717) is 0 Å². The van der Waals surface area contributed by atoms with Crippen molar-refractivity contribution >= 4 is 5.91 Å². The Hall–Kier alpha value is -0.730. The third-order valence-corrected chi connectivity index (χ3v) is 2.33. The lowest BCUT2D eigenvalue weighted by Crippen LogP contribution is -2.61. The highest BCUT2D eigenvalue weighted by molar-refractivity contribution is 5.79. The fraction of sp³-hybridized carbons (Fsp3) is 0.875. The molecule has 4 N–H and O–H groups in total. The van der Waals surface area contributed by atoms with Crippen molar-refractivity contribution in [2.45, 2.75) is 30.7 Å². The van der Waals surface area contributed by atoms with Gasteiger partial charge in [0.25, 0.3) is 0 Å². The van der Waals surface area contributed by atoms with Gasteiger partial charge < -0.3 is 30.2 Å². The van der Waals surface area contributed by atoms with Crippen molar-refractivity contribution in [1.82, 2.24) is 0 Å². The molecule has 5 atom stereocenters. The fourth-order valence-electron chi connectivity index (χ4n) is 1.51. The number of nitrogens with two attached hydrogens (primary N) is 1. The maximum Gasteiger partial charge on any atom is 0.249 e. The molecule has 0 spiro atoms. The van der Waals surface area contributed by atoms with Crippen LogP contribution in [-0.2, 0) is 19.0 Å². The number of methoxy groups -OCH3 is 2. The van der Waals surface area contributed by atoms with Crippen LogP contribution in [0.2, 0.25) is 0 Å². The summed E-state index contributed by atoms with van der Waals surface area (Å²) in [7, 11) is 2.67. The molecule has 0 aromatic heterocycles. The number of ether oxygens (including phenoxy) is 3. The molecule has 88 valence electrons. The van der Waals surface area contributed by atoms with Crippen LogP contribution in [0.3, 0.4) is 0 Å². The van der Waals surface area contributed by atoms with Crippen LogP contribution in [0.1, 0.15) is 0 Å². The van der Waals surface area contributed by atoms with E-state index in [1.54, 1.807) is 0 Å². The minimum absolute atomic E-state index is 0.861. The lowest BCUT2D eigenvalue weighted by molar-refractivity contribution is -0.288. The largest absolute Gasteiger partial charge is 0.387 e. The third kappa shape index (κ3) is 2.27. The smallest absolute Gasteiger partial charge is 0.249 e. The van der Waals surface area contributed by atoms with E-state index in [1.165, 1.54) is 14.2 Å². The Morgan fingerprint density at radius 2 is 1.87 bits per heavy atom. The van der Waals surface area contributed by atoms with E-state index in [4.69, 9.17) is 19.9 Å². The molecule has 0 aliphatic carbocycles. The van der Waals surface area contributed by atoms with Crippen molar-refractivity contribution in [3.63, 3.8) is 0 Å². The van der Waals surface area contributed by atoms with Gasteiger partial charge in [-0.2, -0.15) is 0 Å². The van der Waals surface area contributed by atoms with Crippen molar-refractivity contribution < 1.29 is 29.2 Å². The van der Waals surface area contributed by atoms with Crippen molar-refractivity contribution in [2.75, 3.05) is 14.2 Å². The second-order valence-corrected chi connectivity index (χ2v) is 3.24. The van der Waals surface area contributed by atoms with Gasteiger partial charge in [-0.25, -0.2) is 0 Å². The number of amides is 1. The van der Waals surface area contributed by atoms with E-state index in [-0.39, 0.29) is 0 Å². The first-order chi connectivity index (χ1) is 7.02.